The molecule has 3 rings (SSSR count). The summed E-state index contributed by atoms with van der Waals surface area (Å²) < 4.78 is 14.1. The fourth-order valence-corrected chi connectivity index (χ4v) is 6.55. The maximum Gasteiger partial charge on any atom is 0.205 e. The molecule has 1 atom stereocenters. The summed E-state index contributed by atoms with van der Waals surface area (Å²) in [5.74, 6) is -0.0607. The predicted molar refractivity (Wildman–Crippen MR) is 96.1 cm³/mol. The van der Waals surface area contributed by atoms with Crippen molar-refractivity contribution >= 4 is 23.3 Å². The maximum absolute atomic E-state index is 14.1. The molecule has 3 heteroatoms. The quantitative estimate of drug-likeness (QED) is 0.780. The van der Waals surface area contributed by atoms with Crippen molar-refractivity contribution in [1.29, 1.82) is 0 Å². The lowest BCUT2D eigenvalue weighted by molar-refractivity contribution is -0.116. The molecule has 2 aromatic rings. The molecule has 0 amide bonds. The van der Waals surface area contributed by atoms with E-state index in [1.807, 2.05) is 61.5 Å². The van der Waals surface area contributed by atoms with Gasteiger partial charge in [-0.15, -0.1) is 0 Å². The van der Waals surface area contributed by atoms with Crippen molar-refractivity contribution in [2.45, 2.75) is 39.0 Å². The largest absolute Gasteiger partial charge is 0.306 e. The Morgan fingerprint density at radius 2 is 1.52 bits per heavy atom. The molecular weight excluding hydrogens is 303 g/mol. The molecule has 0 radical (unpaired) electrons. The third kappa shape index (κ3) is 3.05. The van der Waals surface area contributed by atoms with Crippen LogP contribution in [-0.4, -0.2) is 5.52 Å². The van der Waals surface area contributed by atoms with Crippen LogP contribution in [0, 0.1) is 12.8 Å². The molecule has 2 aromatic carbocycles. The summed E-state index contributed by atoms with van der Waals surface area (Å²) >= 11 is 0. The fourth-order valence-electron chi connectivity index (χ4n) is 3.55. The lowest BCUT2D eigenvalue weighted by atomic mass is 9.90. The minimum absolute atomic E-state index is 0.0438. The van der Waals surface area contributed by atoms with Gasteiger partial charge in [0.15, 0.2) is 0 Å². The molecule has 120 valence electrons. The van der Waals surface area contributed by atoms with Crippen molar-refractivity contribution in [3.63, 3.8) is 0 Å². The molecule has 0 saturated heterocycles. The molecule has 1 fully saturated rings. The number of hydrogen-bond donors (Lipinski definition) is 0. The third-order valence-corrected chi connectivity index (χ3v) is 8.03. The molecule has 1 unspecified atom stereocenters. The zero-order chi connectivity index (χ0) is 16.3. The van der Waals surface area contributed by atoms with E-state index in [1.165, 1.54) is 6.42 Å². The van der Waals surface area contributed by atoms with E-state index >= 15 is 0 Å². The van der Waals surface area contributed by atoms with Crippen LogP contribution in [0.4, 0.5) is 0 Å². The predicted octanol–water partition coefficient (Wildman–Crippen LogP) is 4.42. The Morgan fingerprint density at radius 3 is 2.17 bits per heavy atom. The monoisotopic (exact) mass is 326 g/mol. The molecule has 1 aliphatic carbocycles. The zero-order valence-corrected chi connectivity index (χ0v) is 14.5. The van der Waals surface area contributed by atoms with Crippen LogP contribution >= 0.6 is 7.14 Å². The Morgan fingerprint density at radius 1 is 0.913 bits per heavy atom. The molecule has 0 heterocycles. The van der Waals surface area contributed by atoms with Gasteiger partial charge in [-0.05, 0) is 25.3 Å². The fraction of sp³-hybridized carbons (Fsp3) is 0.350. The molecule has 0 aliphatic heterocycles. The summed E-state index contributed by atoms with van der Waals surface area (Å²) in [6.45, 7) is 1.94. The van der Waals surface area contributed by atoms with Crippen LogP contribution in [0.25, 0.3) is 0 Å². The Labute approximate surface area is 138 Å². The summed E-state index contributed by atoms with van der Waals surface area (Å²) in [4.78, 5) is 13.3. The molecular formula is C20H23O2P. The van der Waals surface area contributed by atoms with Gasteiger partial charge in [0.25, 0.3) is 0 Å². The van der Waals surface area contributed by atoms with Crippen LogP contribution in [0.1, 0.15) is 37.7 Å². The van der Waals surface area contributed by atoms with Crippen LogP contribution in [0.5, 0.6) is 0 Å². The first kappa shape index (κ1) is 16.2. The Bertz CT molecular complexity index is 730. The van der Waals surface area contributed by atoms with E-state index in [-0.39, 0.29) is 11.4 Å². The Kier molecular flexibility index (Phi) is 4.82. The molecule has 23 heavy (non-hydrogen) atoms. The van der Waals surface area contributed by atoms with Crippen LogP contribution in [0.2, 0.25) is 0 Å². The van der Waals surface area contributed by atoms with Gasteiger partial charge >= 0.3 is 0 Å². The third-order valence-electron chi connectivity index (χ3n) is 4.84. The van der Waals surface area contributed by atoms with E-state index in [2.05, 4.69) is 0 Å². The second-order valence-electron chi connectivity index (χ2n) is 6.40. The molecule has 0 N–H and O–H groups in total. The van der Waals surface area contributed by atoms with Crippen LogP contribution < -0.4 is 10.6 Å². The van der Waals surface area contributed by atoms with Gasteiger partial charge in [0.05, 0.1) is 0 Å². The number of carbonyl (C=O) groups is 1. The summed E-state index contributed by atoms with van der Waals surface area (Å²) in [5, 5.41) is 1.38. The van der Waals surface area contributed by atoms with E-state index in [1.54, 1.807) is 0 Å². The van der Waals surface area contributed by atoms with Crippen molar-refractivity contribution in [2.24, 2.45) is 5.92 Å². The van der Waals surface area contributed by atoms with E-state index < -0.39 is 7.14 Å². The molecule has 1 aliphatic rings. The Balaban J connectivity index is 2.13. The highest BCUT2D eigenvalue weighted by molar-refractivity contribution is 7.93. The number of rotatable bonds is 4. The maximum atomic E-state index is 14.1. The first-order valence-corrected chi connectivity index (χ1v) is 10.1. The summed E-state index contributed by atoms with van der Waals surface area (Å²) in [5.41, 5.74) is 0.890. The second-order valence-corrected chi connectivity index (χ2v) is 9.06. The van der Waals surface area contributed by atoms with Crippen molar-refractivity contribution in [2.75, 3.05) is 0 Å². The average Bonchev–Trinajstić information content (AvgIpc) is 2.62. The summed E-state index contributed by atoms with van der Waals surface area (Å²) in [7, 11) is -3.26. The topological polar surface area (TPSA) is 34.1 Å². The van der Waals surface area contributed by atoms with Gasteiger partial charge in [-0.2, -0.15) is 0 Å². The number of hydrogen-bond acceptors (Lipinski definition) is 2. The molecule has 0 bridgehead atoms. The highest BCUT2D eigenvalue weighted by Crippen LogP contribution is 2.49. The molecule has 0 spiro atoms. The minimum Gasteiger partial charge on any atom is -0.306 e. The van der Waals surface area contributed by atoms with E-state index in [0.717, 1.165) is 31.2 Å². The van der Waals surface area contributed by atoms with Gasteiger partial charge in [-0.1, -0.05) is 73.9 Å². The van der Waals surface area contributed by atoms with Crippen molar-refractivity contribution in [3.05, 3.63) is 60.2 Å². The van der Waals surface area contributed by atoms with Crippen LogP contribution in [0.3, 0.4) is 0 Å². The molecule has 1 saturated carbocycles. The van der Waals surface area contributed by atoms with Gasteiger partial charge < -0.3 is 4.57 Å². The summed E-state index contributed by atoms with van der Waals surface area (Å²) in [6.07, 6.45) is 5.07. The van der Waals surface area contributed by atoms with Gasteiger partial charge in [0, 0.05) is 16.5 Å². The lowest BCUT2D eigenvalue weighted by Gasteiger charge is -2.27. The van der Waals surface area contributed by atoms with E-state index in [0.29, 0.717) is 10.6 Å². The second kappa shape index (κ2) is 6.84. The standard InChI is InChI=1S/C20H23O2P/c1-16-10-8-9-15-19(16)23(22,18-13-6-3-7-14-18)20(21)17-11-4-2-5-12-17/h3,6-10,13-15,17H,2,4-5,11-12H2,1H3. The number of carbonyl (C=O) groups excluding carboxylic acids is 1. The van der Waals surface area contributed by atoms with Crippen LogP contribution in [-0.2, 0) is 9.36 Å². The normalized spacial score (nSPS) is 18.3. The zero-order valence-electron chi connectivity index (χ0n) is 13.6. The summed E-state index contributed by atoms with van der Waals surface area (Å²) in [6, 6.07) is 16.9. The first-order valence-electron chi connectivity index (χ1n) is 8.40. The highest BCUT2D eigenvalue weighted by Gasteiger charge is 2.40. The van der Waals surface area contributed by atoms with E-state index in [9.17, 15) is 9.36 Å². The average molecular weight is 326 g/mol. The van der Waals surface area contributed by atoms with Crippen molar-refractivity contribution in [1.82, 2.24) is 0 Å². The number of aryl methyl sites for hydroxylation is 1. The number of benzene rings is 2. The highest BCUT2D eigenvalue weighted by atomic mass is 31.2. The van der Waals surface area contributed by atoms with Crippen molar-refractivity contribution in [3.8, 4) is 0 Å². The van der Waals surface area contributed by atoms with Crippen LogP contribution in [0.15, 0.2) is 54.6 Å². The van der Waals surface area contributed by atoms with Crippen molar-refractivity contribution < 1.29 is 9.36 Å². The van der Waals surface area contributed by atoms with Gasteiger partial charge in [-0.3, -0.25) is 4.79 Å². The molecule has 2 nitrogen and oxygen atoms in total. The molecule has 0 aromatic heterocycles. The first-order chi connectivity index (χ1) is 11.1. The van der Waals surface area contributed by atoms with Gasteiger partial charge in [0.2, 0.25) is 12.7 Å². The smallest absolute Gasteiger partial charge is 0.205 e. The van der Waals surface area contributed by atoms with E-state index in [4.69, 9.17) is 0 Å². The Hall–Kier alpha value is -1.66. The van der Waals surface area contributed by atoms with Gasteiger partial charge in [-0.25, -0.2) is 0 Å². The minimum atomic E-state index is -3.26. The SMILES string of the molecule is Cc1ccccc1P(=O)(C(=O)C1CCCCC1)c1ccccc1. The van der Waals surface area contributed by atoms with Gasteiger partial charge in [0.1, 0.15) is 0 Å². The lowest BCUT2D eigenvalue weighted by Crippen LogP contribution is -2.29.